The Morgan fingerprint density at radius 1 is 1.08 bits per heavy atom. The monoisotopic (exact) mass is 385 g/mol. The van der Waals surface area contributed by atoms with Crippen LogP contribution in [0, 0.1) is 5.41 Å². The second-order valence-electron chi connectivity index (χ2n) is 6.95. The molecule has 2 aromatic carbocycles. The highest BCUT2D eigenvalue weighted by Crippen LogP contribution is 2.29. The van der Waals surface area contributed by atoms with Gasteiger partial charge in [-0.2, -0.15) is 0 Å². The van der Waals surface area contributed by atoms with Gasteiger partial charge in [-0.3, -0.25) is 4.79 Å². The van der Waals surface area contributed by atoms with E-state index in [2.05, 4.69) is 15.6 Å². The average molecular weight is 386 g/mol. The molecule has 0 radical (unpaired) electrons. The van der Waals surface area contributed by atoms with E-state index in [1.165, 1.54) is 11.3 Å². The number of nitrogens with zero attached hydrogens (tertiary/aromatic N) is 1. The summed E-state index contributed by atoms with van der Waals surface area (Å²) in [6.45, 7) is 5.67. The van der Waals surface area contributed by atoms with Crippen molar-refractivity contribution in [3.63, 3.8) is 0 Å². The molecule has 2 N–H and O–H groups in total. The van der Waals surface area contributed by atoms with Gasteiger partial charge in [0.15, 0.2) is 5.13 Å². The van der Waals surface area contributed by atoms with E-state index in [1.807, 2.05) is 74.7 Å². The number of carbonyl (C=O) groups is 1. The van der Waals surface area contributed by atoms with Crippen molar-refractivity contribution in [2.24, 2.45) is 5.41 Å². The van der Waals surface area contributed by atoms with Crippen LogP contribution < -0.4 is 10.6 Å². The molecule has 0 aliphatic carbocycles. The number of benzene rings is 2. The van der Waals surface area contributed by atoms with Gasteiger partial charge in [-0.1, -0.05) is 44.5 Å². The Morgan fingerprint density at radius 2 is 1.81 bits per heavy atom. The van der Waals surface area contributed by atoms with Crippen LogP contribution in [0.3, 0.4) is 0 Å². The number of carbonyl (C=O) groups excluding carboxylic acids is 1. The zero-order valence-corrected chi connectivity index (χ0v) is 16.4. The SMILES string of the molecule is CC(C)(C)C(=O)Nc1cccc(-c2csc(Nc3ccc(Cl)cc3)n2)c1. The summed E-state index contributed by atoms with van der Waals surface area (Å²) in [6, 6.07) is 15.2. The molecule has 1 aromatic heterocycles. The smallest absolute Gasteiger partial charge is 0.229 e. The molecule has 1 amide bonds. The molecule has 3 rings (SSSR count). The number of hydrogen-bond acceptors (Lipinski definition) is 4. The second-order valence-corrected chi connectivity index (χ2v) is 8.25. The molecule has 0 unspecified atom stereocenters. The predicted molar refractivity (Wildman–Crippen MR) is 110 cm³/mol. The van der Waals surface area contributed by atoms with Gasteiger partial charge in [-0.05, 0) is 36.4 Å². The Kier molecular flexibility index (Phi) is 5.30. The number of halogens is 1. The van der Waals surface area contributed by atoms with Crippen molar-refractivity contribution in [3.05, 3.63) is 58.9 Å². The summed E-state index contributed by atoms with van der Waals surface area (Å²) in [6.07, 6.45) is 0. The summed E-state index contributed by atoms with van der Waals surface area (Å²) in [5.74, 6) is -0.0157. The maximum Gasteiger partial charge on any atom is 0.229 e. The van der Waals surface area contributed by atoms with Crippen molar-refractivity contribution in [1.82, 2.24) is 4.98 Å². The van der Waals surface area contributed by atoms with Crippen LogP contribution in [0.1, 0.15) is 20.8 Å². The van der Waals surface area contributed by atoms with Crippen molar-refractivity contribution < 1.29 is 4.79 Å². The quantitative estimate of drug-likeness (QED) is 0.562. The fraction of sp³-hybridized carbons (Fsp3) is 0.200. The van der Waals surface area contributed by atoms with E-state index in [9.17, 15) is 4.79 Å². The minimum Gasteiger partial charge on any atom is -0.332 e. The fourth-order valence-corrected chi connectivity index (χ4v) is 3.06. The van der Waals surface area contributed by atoms with E-state index >= 15 is 0 Å². The Bertz CT molecular complexity index is 913. The minimum atomic E-state index is -0.438. The minimum absolute atomic E-state index is 0.0157. The first kappa shape index (κ1) is 18.4. The number of amides is 1. The summed E-state index contributed by atoms with van der Waals surface area (Å²) >= 11 is 7.43. The van der Waals surface area contributed by atoms with Gasteiger partial charge < -0.3 is 10.6 Å². The standard InChI is InChI=1S/C20H20ClN3OS/c1-20(2,3)18(25)22-16-6-4-5-13(11-16)17-12-26-19(24-17)23-15-9-7-14(21)8-10-15/h4-12H,1-3H3,(H,22,25)(H,23,24). The van der Waals surface area contributed by atoms with Gasteiger partial charge in [0.05, 0.1) is 5.69 Å². The number of hydrogen-bond donors (Lipinski definition) is 2. The van der Waals surface area contributed by atoms with E-state index in [0.29, 0.717) is 5.02 Å². The third-order valence-electron chi connectivity index (χ3n) is 3.70. The number of nitrogens with one attached hydrogen (secondary N) is 2. The van der Waals surface area contributed by atoms with Crippen LogP contribution >= 0.6 is 22.9 Å². The molecule has 0 saturated heterocycles. The molecular formula is C20H20ClN3OS. The lowest BCUT2D eigenvalue weighted by Crippen LogP contribution is -2.27. The lowest BCUT2D eigenvalue weighted by Gasteiger charge is -2.17. The van der Waals surface area contributed by atoms with Crippen LogP contribution in [0.2, 0.25) is 5.02 Å². The molecule has 1 heterocycles. The van der Waals surface area contributed by atoms with Gasteiger partial charge in [0.2, 0.25) is 5.91 Å². The Hall–Kier alpha value is -2.37. The van der Waals surface area contributed by atoms with E-state index in [1.54, 1.807) is 0 Å². The maximum atomic E-state index is 12.2. The third-order valence-corrected chi connectivity index (χ3v) is 4.71. The van der Waals surface area contributed by atoms with E-state index < -0.39 is 5.41 Å². The Morgan fingerprint density at radius 3 is 2.50 bits per heavy atom. The van der Waals surface area contributed by atoms with Crippen LogP contribution in [0.4, 0.5) is 16.5 Å². The van der Waals surface area contributed by atoms with Gasteiger partial charge in [-0.25, -0.2) is 4.98 Å². The lowest BCUT2D eigenvalue weighted by molar-refractivity contribution is -0.123. The zero-order chi connectivity index (χ0) is 18.7. The molecule has 6 heteroatoms. The van der Waals surface area contributed by atoms with Gasteiger partial charge in [-0.15, -0.1) is 11.3 Å². The van der Waals surface area contributed by atoms with Gasteiger partial charge >= 0.3 is 0 Å². The third kappa shape index (κ3) is 4.62. The average Bonchev–Trinajstić information content (AvgIpc) is 3.05. The molecule has 4 nitrogen and oxygen atoms in total. The highest BCUT2D eigenvalue weighted by molar-refractivity contribution is 7.14. The fourth-order valence-electron chi connectivity index (χ4n) is 2.20. The second kappa shape index (κ2) is 7.48. The first-order chi connectivity index (χ1) is 12.3. The molecule has 0 aliphatic heterocycles. The number of aromatic nitrogens is 1. The molecule has 0 spiro atoms. The molecule has 0 bridgehead atoms. The molecule has 134 valence electrons. The summed E-state index contributed by atoms with van der Waals surface area (Å²) < 4.78 is 0. The molecule has 3 aromatic rings. The summed E-state index contributed by atoms with van der Waals surface area (Å²) in [5.41, 5.74) is 3.08. The first-order valence-corrected chi connectivity index (χ1v) is 9.47. The molecule has 26 heavy (non-hydrogen) atoms. The highest BCUT2D eigenvalue weighted by Gasteiger charge is 2.21. The van der Waals surface area contributed by atoms with Crippen molar-refractivity contribution in [3.8, 4) is 11.3 Å². The normalized spacial score (nSPS) is 11.2. The van der Waals surface area contributed by atoms with Crippen LogP contribution in [0.25, 0.3) is 11.3 Å². The zero-order valence-electron chi connectivity index (χ0n) is 14.8. The topological polar surface area (TPSA) is 54.0 Å². The van der Waals surface area contributed by atoms with Crippen molar-refractivity contribution in [2.75, 3.05) is 10.6 Å². The maximum absolute atomic E-state index is 12.2. The lowest BCUT2D eigenvalue weighted by atomic mass is 9.95. The summed E-state index contributed by atoms with van der Waals surface area (Å²) in [5, 5.41) is 9.70. The predicted octanol–water partition coefficient (Wildman–Crippen LogP) is 6.19. The van der Waals surface area contributed by atoms with Gasteiger partial charge in [0.1, 0.15) is 0 Å². The molecule has 0 fully saturated rings. The molecular weight excluding hydrogens is 366 g/mol. The van der Waals surface area contributed by atoms with Crippen LogP contribution in [-0.4, -0.2) is 10.9 Å². The van der Waals surface area contributed by atoms with Crippen molar-refractivity contribution >= 4 is 45.4 Å². The van der Waals surface area contributed by atoms with Gasteiger partial charge in [0.25, 0.3) is 0 Å². The number of thiazole rings is 1. The molecule has 0 atom stereocenters. The van der Waals surface area contributed by atoms with Gasteiger partial charge in [0, 0.05) is 32.8 Å². The van der Waals surface area contributed by atoms with Crippen molar-refractivity contribution in [1.29, 1.82) is 0 Å². The molecule has 0 saturated carbocycles. The summed E-state index contributed by atoms with van der Waals surface area (Å²) in [4.78, 5) is 16.8. The number of anilines is 3. The highest BCUT2D eigenvalue weighted by atomic mass is 35.5. The molecule has 0 aliphatic rings. The summed E-state index contributed by atoms with van der Waals surface area (Å²) in [7, 11) is 0. The van der Waals surface area contributed by atoms with Crippen LogP contribution in [0.15, 0.2) is 53.9 Å². The van der Waals surface area contributed by atoms with Crippen LogP contribution in [0.5, 0.6) is 0 Å². The largest absolute Gasteiger partial charge is 0.332 e. The van der Waals surface area contributed by atoms with Crippen LogP contribution in [-0.2, 0) is 4.79 Å². The van der Waals surface area contributed by atoms with E-state index in [0.717, 1.165) is 27.8 Å². The Balaban J connectivity index is 1.75. The van der Waals surface area contributed by atoms with E-state index in [-0.39, 0.29) is 5.91 Å². The first-order valence-electron chi connectivity index (χ1n) is 8.21. The van der Waals surface area contributed by atoms with Crippen molar-refractivity contribution in [2.45, 2.75) is 20.8 Å². The Labute approximate surface area is 162 Å². The van der Waals surface area contributed by atoms with E-state index in [4.69, 9.17) is 11.6 Å². The number of rotatable bonds is 4.